The lowest BCUT2D eigenvalue weighted by atomic mass is 10.1. The third-order valence-corrected chi connectivity index (χ3v) is 7.16. The summed E-state index contributed by atoms with van der Waals surface area (Å²) in [6.45, 7) is 2.85. The number of carbonyl (C=O) groups excluding carboxylic acids is 2. The highest BCUT2D eigenvalue weighted by Gasteiger charge is 2.30. The Morgan fingerprint density at radius 1 is 1.03 bits per heavy atom. The Morgan fingerprint density at radius 3 is 2.22 bits per heavy atom. The molecule has 0 heterocycles. The van der Waals surface area contributed by atoms with Gasteiger partial charge < -0.3 is 10.2 Å². The number of nitrogens with zero attached hydrogens (tertiary/aromatic N) is 2. The molecule has 0 aliphatic carbocycles. The lowest BCUT2D eigenvalue weighted by Gasteiger charge is -2.31. The van der Waals surface area contributed by atoms with Gasteiger partial charge in [-0.1, -0.05) is 46.9 Å². The second-order valence-corrected chi connectivity index (χ2v) is 10.4. The first-order valence-corrected chi connectivity index (χ1v) is 12.5. The molecule has 2 aromatic rings. The topological polar surface area (TPSA) is 86.8 Å². The SMILES string of the molecule is CNC(=O)C(C)N(Cc1ccc(Cl)c(Cl)c1)C(=O)CN(c1ccc(C)c(Cl)c1)S(C)(=O)=O. The van der Waals surface area contributed by atoms with Gasteiger partial charge in [-0.15, -0.1) is 0 Å². The number of amides is 2. The number of nitrogens with one attached hydrogen (secondary N) is 1. The minimum Gasteiger partial charge on any atom is -0.357 e. The Morgan fingerprint density at radius 2 is 1.69 bits per heavy atom. The van der Waals surface area contributed by atoms with Crippen LogP contribution in [-0.2, 0) is 26.2 Å². The van der Waals surface area contributed by atoms with Crippen molar-refractivity contribution in [3.05, 3.63) is 62.6 Å². The zero-order valence-electron chi connectivity index (χ0n) is 18.0. The van der Waals surface area contributed by atoms with E-state index in [4.69, 9.17) is 34.8 Å². The van der Waals surface area contributed by atoms with Gasteiger partial charge >= 0.3 is 0 Å². The molecule has 0 bridgehead atoms. The standard InChI is InChI=1S/C21H24Cl3N3O4S/c1-13-5-7-16(10-18(13)23)27(32(4,30)31)12-20(28)26(14(2)21(29)25-3)11-15-6-8-17(22)19(24)9-15/h5-10,14H,11-12H2,1-4H3,(H,25,29). The molecule has 0 fully saturated rings. The molecule has 0 aliphatic heterocycles. The lowest BCUT2D eigenvalue weighted by molar-refractivity contribution is -0.139. The molecule has 0 spiro atoms. The predicted molar refractivity (Wildman–Crippen MR) is 129 cm³/mol. The fraction of sp³-hybridized carbons (Fsp3) is 0.333. The smallest absolute Gasteiger partial charge is 0.244 e. The predicted octanol–water partition coefficient (Wildman–Crippen LogP) is 3.88. The van der Waals surface area contributed by atoms with Crippen LogP contribution in [-0.4, -0.2) is 51.0 Å². The number of aryl methyl sites for hydroxylation is 1. The average Bonchev–Trinajstić information content (AvgIpc) is 2.72. The van der Waals surface area contributed by atoms with Gasteiger partial charge in [-0.25, -0.2) is 8.42 Å². The summed E-state index contributed by atoms with van der Waals surface area (Å²) in [5, 5.41) is 3.53. The van der Waals surface area contributed by atoms with Gasteiger partial charge in [-0.2, -0.15) is 0 Å². The Bertz CT molecular complexity index is 1130. The molecule has 1 atom stereocenters. The number of likely N-dealkylation sites (N-methyl/N-ethyl adjacent to an activating group) is 1. The zero-order chi connectivity index (χ0) is 24.2. The lowest BCUT2D eigenvalue weighted by Crippen LogP contribution is -2.50. The van der Waals surface area contributed by atoms with Crippen LogP contribution in [0, 0.1) is 6.92 Å². The van der Waals surface area contributed by atoms with E-state index in [1.54, 1.807) is 44.2 Å². The number of carbonyl (C=O) groups is 2. The van der Waals surface area contributed by atoms with Crippen molar-refractivity contribution >= 4 is 62.3 Å². The van der Waals surface area contributed by atoms with Gasteiger partial charge in [-0.3, -0.25) is 13.9 Å². The Labute approximate surface area is 203 Å². The van der Waals surface area contributed by atoms with Crippen LogP contribution in [0.25, 0.3) is 0 Å². The zero-order valence-corrected chi connectivity index (χ0v) is 21.1. The van der Waals surface area contributed by atoms with Gasteiger partial charge in [0.25, 0.3) is 0 Å². The van der Waals surface area contributed by atoms with Crippen molar-refractivity contribution in [2.45, 2.75) is 26.4 Å². The van der Waals surface area contributed by atoms with Gasteiger partial charge in [0.2, 0.25) is 21.8 Å². The summed E-state index contributed by atoms with van der Waals surface area (Å²) in [5.41, 5.74) is 1.65. The summed E-state index contributed by atoms with van der Waals surface area (Å²) in [7, 11) is -2.37. The first kappa shape index (κ1) is 26.3. The number of hydrogen-bond donors (Lipinski definition) is 1. The second kappa shape index (κ2) is 10.7. The summed E-state index contributed by atoms with van der Waals surface area (Å²) in [5.74, 6) is -0.975. The quantitative estimate of drug-likeness (QED) is 0.572. The monoisotopic (exact) mass is 519 g/mol. The third kappa shape index (κ3) is 6.51. The van der Waals surface area contributed by atoms with Crippen LogP contribution in [0.5, 0.6) is 0 Å². The Hall–Kier alpha value is -2.00. The van der Waals surface area contributed by atoms with Gasteiger partial charge in [0.1, 0.15) is 12.6 Å². The van der Waals surface area contributed by atoms with Crippen LogP contribution in [0.4, 0.5) is 5.69 Å². The van der Waals surface area contributed by atoms with Gasteiger partial charge in [0.05, 0.1) is 22.0 Å². The van der Waals surface area contributed by atoms with E-state index in [2.05, 4.69) is 5.32 Å². The summed E-state index contributed by atoms with van der Waals surface area (Å²) in [6, 6.07) is 8.71. The molecule has 0 saturated carbocycles. The molecule has 1 unspecified atom stereocenters. The number of benzene rings is 2. The third-order valence-electron chi connectivity index (χ3n) is 4.87. The maximum absolute atomic E-state index is 13.3. The maximum Gasteiger partial charge on any atom is 0.244 e. The number of hydrogen-bond acceptors (Lipinski definition) is 4. The molecule has 0 aromatic heterocycles. The average molecular weight is 521 g/mol. The summed E-state index contributed by atoms with van der Waals surface area (Å²) < 4.78 is 25.9. The molecule has 7 nitrogen and oxygen atoms in total. The van der Waals surface area contributed by atoms with Gasteiger partial charge in [0.15, 0.2) is 0 Å². The molecule has 2 amide bonds. The van der Waals surface area contributed by atoms with Crippen LogP contribution < -0.4 is 9.62 Å². The van der Waals surface area contributed by atoms with Crippen molar-refractivity contribution in [3.63, 3.8) is 0 Å². The molecule has 0 saturated heterocycles. The van der Waals surface area contributed by atoms with Crippen molar-refractivity contribution in [1.29, 1.82) is 0 Å². The van der Waals surface area contributed by atoms with Crippen LogP contribution in [0.15, 0.2) is 36.4 Å². The molecule has 11 heteroatoms. The van der Waals surface area contributed by atoms with E-state index in [9.17, 15) is 18.0 Å². The van der Waals surface area contributed by atoms with E-state index in [-0.39, 0.29) is 12.2 Å². The first-order valence-electron chi connectivity index (χ1n) is 9.54. The molecule has 0 aliphatic rings. The summed E-state index contributed by atoms with van der Waals surface area (Å²) in [4.78, 5) is 26.9. The highest BCUT2D eigenvalue weighted by Crippen LogP contribution is 2.26. The largest absolute Gasteiger partial charge is 0.357 e. The Kier molecular flexibility index (Phi) is 8.82. The summed E-state index contributed by atoms with van der Waals surface area (Å²) >= 11 is 18.2. The maximum atomic E-state index is 13.3. The molecule has 1 N–H and O–H groups in total. The first-order chi connectivity index (χ1) is 14.8. The normalized spacial score (nSPS) is 12.2. The number of rotatable bonds is 8. The van der Waals surface area contributed by atoms with Crippen molar-refractivity contribution in [3.8, 4) is 0 Å². The minimum absolute atomic E-state index is 0.0244. The van der Waals surface area contributed by atoms with E-state index in [0.717, 1.165) is 16.1 Å². The van der Waals surface area contributed by atoms with Crippen molar-refractivity contribution < 1.29 is 18.0 Å². The van der Waals surface area contributed by atoms with Gasteiger partial charge in [0, 0.05) is 18.6 Å². The second-order valence-electron chi connectivity index (χ2n) is 7.26. The highest BCUT2D eigenvalue weighted by atomic mass is 35.5. The fourth-order valence-electron chi connectivity index (χ4n) is 2.98. The van der Waals surface area contributed by atoms with Crippen LogP contribution in [0.3, 0.4) is 0 Å². The molecule has 2 aromatic carbocycles. The van der Waals surface area contributed by atoms with Crippen LogP contribution in [0.1, 0.15) is 18.1 Å². The van der Waals surface area contributed by atoms with Crippen LogP contribution >= 0.6 is 34.8 Å². The molecule has 0 radical (unpaired) electrons. The van der Waals surface area contributed by atoms with Gasteiger partial charge in [-0.05, 0) is 49.2 Å². The molecule has 2 rings (SSSR count). The van der Waals surface area contributed by atoms with Crippen molar-refractivity contribution in [1.82, 2.24) is 10.2 Å². The number of halogens is 3. The van der Waals surface area contributed by atoms with E-state index >= 15 is 0 Å². The van der Waals surface area contributed by atoms with E-state index in [1.807, 2.05) is 0 Å². The van der Waals surface area contributed by atoms with Crippen LogP contribution in [0.2, 0.25) is 15.1 Å². The Balaban J connectivity index is 2.42. The van der Waals surface area contributed by atoms with E-state index in [1.165, 1.54) is 18.0 Å². The summed E-state index contributed by atoms with van der Waals surface area (Å²) in [6.07, 6.45) is 1.000. The number of sulfonamides is 1. The molecule has 32 heavy (non-hydrogen) atoms. The fourth-order valence-corrected chi connectivity index (χ4v) is 4.31. The van der Waals surface area contributed by atoms with E-state index in [0.29, 0.717) is 20.6 Å². The van der Waals surface area contributed by atoms with Crippen molar-refractivity contribution in [2.75, 3.05) is 24.2 Å². The minimum atomic E-state index is -3.82. The highest BCUT2D eigenvalue weighted by molar-refractivity contribution is 7.92. The molecular formula is C21H24Cl3N3O4S. The van der Waals surface area contributed by atoms with Crippen molar-refractivity contribution in [2.24, 2.45) is 0 Å². The molecular weight excluding hydrogens is 497 g/mol. The number of anilines is 1. The van der Waals surface area contributed by atoms with E-state index < -0.39 is 34.4 Å². The molecule has 174 valence electrons.